The molecule has 2 rings (SSSR count). The van der Waals surface area contributed by atoms with Crippen molar-refractivity contribution in [3.05, 3.63) is 60.2 Å². The minimum atomic E-state index is -0.376. The minimum absolute atomic E-state index is 0. The van der Waals surface area contributed by atoms with E-state index in [0.29, 0.717) is 11.3 Å². The molecule has 0 aliphatic heterocycles. The number of benzene rings is 2. The van der Waals surface area contributed by atoms with Gasteiger partial charge in [0.1, 0.15) is 5.75 Å². The predicted octanol–water partition coefficient (Wildman–Crippen LogP) is 2.61. The summed E-state index contributed by atoms with van der Waals surface area (Å²) < 4.78 is 5.19. The van der Waals surface area contributed by atoms with Crippen molar-refractivity contribution in [2.75, 3.05) is 5.43 Å². The van der Waals surface area contributed by atoms with Gasteiger partial charge in [0.15, 0.2) is 0 Å². The number of hydrazine groups is 1. The van der Waals surface area contributed by atoms with Crippen molar-refractivity contribution in [1.82, 2.24) is 0 Å². The first-order valence-corrected chi connectivity index (χ1v) is 5.13. The largest absolute Gasteiger partial charge is 0.423 e. The smallest absolute Gasteiger partial charge is 0.343 e. The molecule has 2 aromatic rings. The molecule has 0 amide bonds. The van der Waals surface area contributed by atoms with Gasteiger partial charge in [-0.25, -0.2) is 4.79 Å². The Morgan fingerprint density at radius 3 is 2.17 bits per heavy atom. The van der Waals surface area contributed by atoms with Crippen molar-refractivity contribution in [2.45, 2.75) is 0 Å². The maximum Gasteiger partial charge on any atom is 0.343 e. The molecule has 0 aliphatic carbocycles. The summed E-state index contributed by atoms with van der Waals surface area (Å²) in [6.45, 7) is 0. The number of nitrogen functional groups attached to an aromatic ring is 1. The van der Waals surface area contributed by atoms with Gasteiger partial charge in [-0.1, -0.05) is 18.2 Å². The van der Waals surface area contributed by atoms with Crippen LogP contribution in [0.4, 0.5) is 5.69 Å². The summed E-state index contributed by atoms with van der Waals surface area (Å²) in [5, 5.41) is 0. The molecule has 0 heterocycles. The van der Waals surface area contributed by atoms with Crippen LogP contribution >= 0.6 is 12.4 Å². The van der Waals surface area contributed by atoms with Crippen LogP contribution in [0.15, 0.2) is 54.6 Å². The highest BCUT2D eigenvalue weighted by atomic mass is 35.5. The lowest BCUT2D eigenvalue weighted by Crippen LogP contribution is -2.09. The maximum atomic E-state index is 11.7. The van der Waals surface area contributed by atoms with E-state index in [4.69, 9.17) is 10.6 Å². The zero-order valence-electron chi connectivity index (χ0n) is 9.50. The monoisotopic (exact) mass is 264 g/mol. The Morgan fingerprint density at radius 2 is 1.61 bits per heavy atom. The van der Waals surface area contributed by atoms with Crippen LogP contribution < -0.4 is 16.0 Å². The van der Waals surface area contributed by atoms with Gasteiger partial charge in [-0.2, -0.15) is 0 Å². The molecule has 0 atom stereocenters. The highest BCUT2D eigenvalue weighted by molar-refractivity contribution is 5.90. The van der Waals surface area contributed by atoms with Crippen molar-refractivity contribution < 1.29 is 9.53 Å². The van der Waals surface area contributed by atoms with Gasteiger partial charge in [-0.05, 0) is 36.4 Å². The molecule has 5 heteroatoms. The average Bonchev–Trinajstić information content (AvgIpc) is 2.40. The van der Waals surface area contributed by atoms with Crippen LogP contribution in [-0.2, 0) is 0 Å². The predicted molar refractivity (Wildman–Crippen MR) is 72.9 cm³/mol. The third-order valence-corrected chi connectivity index (χ3v) is 2.24. The van der Waals surface area contributed by atoms with E-state index in [9.17, 15) is 4.79 Å². The number of carbonyl (C=O) groups excluding carboxylic acids is 1. The molecule has 0 saturated carbocycles. The van der Waals surface area contributed by atoms with Crippen LogP contribution in [0, 0.1) is 0 Å². The van der Waals surface area contributed by atoms with Crippen LogP contribution in [-0.4, -0.2) is 5.97 Å². The SMILES string of the molecule is Cl.NNc1ccc(OC(=O)c2ccccc2)cc1. The molecule has 0 unspecified atom stereocenters. The Hall–Kier alpha value is -2.04. The molecular formula is C13H13ClN2O2. The number of hydrogen-bond acceptors (Lipinski definition) is 4. The molecule has 94 valence electrons. The molecule has 3 N–H and O–H groups in total. The summed E-state index contributed by atoms with van der Waals surface area (Å²) in [5.74, 6) is 5.34. The summed E-state index contributed by atoms with van der Waals surface area (Å²) in [4.78, 5) is 11.7. The zero-order valence-corrected chi connectivity index (χ0v) is 10.3. The second-order valence-electron chi connectivity index (χ2n) is 3.42. The highest BCUT2D eigenvalue weighted by Gasteiger charge is 2.07. The highest BCUT2D eigenvalue weighted by Crippen LogP contribution is 2.16. The topological polar surface area (TPSA) is 64.3 Å². The van der Waals surface area contributed by atoms with Gasteiger partial charge in [0.25, 0.3) is 0 Å². The van der Waals surface area contributed by atoms with E-state index >= 15 is 0 Å². The molecule has 0 saturated heterocycles. The third-order valence-electron chi connectivity index (χ3n) is 2.24. The first-order chi connectivity index (χ1) is 8.29. The van der Waals surface area contributed by atoms with E-state index in [2.05, 4.69) is 5.43 Å². The number of ether oxygens (including phenoxy) is 1. The van der Waals surface area contributed by atoms with Crippen molar-refractivity contribution >= 4 is 24.1 Å². The van der Waals surface area contributed by atoms with Crippen LogP contribution in [0.2, 0.25) is 0 Å². The van der Waals surface area contributed by atoms with E-state index in [1.54, 1.807) is 48.5 Å². The first kappa shape index (κ1) is 14.0. The van der Waals surface area contributed by atoms with E-state index < -0.39 is 0 Å². The van der Waals surface area contributed by atoms with E-state index in [0.717, 1.165) is 5.69 Å². The number of anilines is 1. The van der Waals surface area contributed by atoms with E-state index in [1.807, 2.05) is 6.07 Å². The maximum absolute atomic E-state index is 11.7. The van der Waals surface area contributed by atoms with Gasteiger partial charge in [0.05, 0.1) is 5.56 Å². The molecule has 0 radical (unpaired) electrons. The van der Waals surface area contributed by atoms with Gasteiger partial charge in [0, 0.05) is 5.69 Å². The van der Waals surface area contributed by atoms with Crippen LogP contribution in [0.1, 0.15) is 10.4 Å². The molecule has 0 bridgehead atoms. The number of hydrogen-bond donors (Lipinski definition) is 2. The Balaban J connectivity index is 0.00000162. The first-order valence-electron chi connectivity index (χ1n) is 5.13. The quantitative estimate of drug-likeness (QED) is 0.387. The molecule has 0 aromatic heterocycles. The number of nitrogens with one attached hydrogen (secondary N) is 1. The second-order valence-corrected chi connectivity index (χ2v) is 3.42. The molecule has 0 spiro atoms. The van der Waals surface area contributed by atoms with Crippen LogP contribution in [0.25, 0.3) is 0 Å². The van der Waals surface area contributed by atoms with Crippen molar-refractivity contribution in [2.24, 2.45) is 5.84 Å². The number of halogens is 1. The molecule has 2 aromatic carbocycles. The molecule has 4 nitrogen and oxygen atoms in total. The van der Waals surface area contributed by atoms with Gasteiger partial charge in [-0.3, -0.25) is 5.84 Å². The fraction of sp³-hybridized carbons (Fsp3) is 0. The summed E-state index contributed by atoms with van der Waals surface area (Å²) in [6.07, 6.45) is 0. The summed E-state index contributed by atoms with van der Waals surface area (Å²) >= 11 is 0. The Morgan fingerprint density at radius 1 is 1.00 bits per heavy atom. The fourth-order valence-corrected chi connectivity index (χ4v) is 1.36. The second kappa shape index (κ2) is 6.64. The Labute approximate surface area is 111 Å². The average molecular weight is 265 g/mol. The third kappa shape index (κ3) is 3.48. The van der Waals surface area contributed by atoms with Gasteiger partial charge in [-0.15, -0.1) is 12.4 Å². The lowest BCUT2D eigenvalue weighted by Gasteiger charge is -2.05. The molecule has 0 fully saturated rings. The van der Waals surface area contributed by atoms with Gasteiger partial charge >= 0.3 is 5.97 Å². The van der Waals surface area contributed by atoms with Gasteiger partial charge < -0.3 is 10.2 Å². The fourth-order valence-electron chi connectivity index (χ4n) is 1.36. The van der Waals surface area contributed by atoms with Crippen molar-refractivity contribution in [1.29, 1.82) is 0 Å². The molecule has 18 heavy (non-hydrogen) atoms. The van der Waals surface area contributed by atoms with Crippen LogP contribution in [0.5, 0.6) is 5.75 Å². The minimum Gasteiger partial charge on any atom is -0.423 e. The number of carbonyl (C=O) groups is 1. The van der Waals surface area contributed by atoms with E-state index in [-0.39, 0.29) is 18.4 Å². The Bertz CT molecular complexity index is 500. The van der Waals surface area contributed by atoms with Crippen molar-refractivity contribution in [3.63, 3.8) is 0 Å². The summed E-state index contributed by atoms with van der Waals surface area (Å²) in [6, 6.07) is 15.7. The molecule has 0 aliphatic rings. The standard InChI is InChI=1S/C13H12N2O2.ClH/c14-15-11-6-8-12(9-7-11)17-13(16)10-4-2-1-3-5-10;/h1-9,15H,14H2;1H. The lowest BCUT2D eigenvalue weighted by molar-refractivity contribution is 0.0735. The number of esters is 1. The Kier molecular flexibility index (Phi) is 5.17. The summed E-state index contributed by atoms with van der Waals surface area (Å²) in [5.41, 5.74) is 3.77. The van der Waals surface area contributed by atoms with Gasteiger partial charge in [0.2, 0.25) is 0 Å². The van der Waals surface area contributed by atoms with E-state index in [1.165, 1.54) is 0 Å². The summed E-state index contributed by atoms with van der Waals surface area (Å²) in [7, 11) is 0. The zero-order chi connectivity index (χ0) is 12.1. The molecular weight excluding hydrogens is 252 g/mol. The normalized spacial score (nSPS) is 9.17. The lowest BCUT2D eigenvalue weighted by atomic mass is 10.2. The van der Waals surface area contributed by atoms with Crippen molar-refractivity contribution in [3.8, 4) is 5.75 Å². The number of nitrogens with two attached hydrogens (primary N) is 1. The van der Waals surface area contributed by atoms with Crippen LogP contribution in [0.3, 0.4) is 0 Å². The number of rotatable bonds is 3.